The van der Waals surface area contributed by atoms with Crippen molar-refractivity contribution in [1.29, 1.82) is 0 Å². The number of para-hydroxylation sites is 1. The third-order valence-corrected chi connectivity index (χ3v) is 3.18. The summed E-state index contributed by atoms with van der Waals surface area (Å²) in [6.45, 7) is 0. The highest BCUT2D eigenvalue weighted by atomic mass is 32.1. The van der Waals surface area contributed by atoms with Crippen LogP contribution in [-0.4, -0.2) is 14.8 Å². The molecule has 0 amide bonds. The number of aromatic nitrogens is 3. The first kappa shape index (κ1) is 9.17. The SMILES string of the molecule is O=Nc1cnn(-c2nc3ccccc3s2)c1. The zero-order chi connectivity index (χ0) is 11.0. The van der Waals surface area contributed by atoms with Gasteiger partial charge >= 0.3 is 0 Å². The smallest absolute Gasteiger partial charge is 0.211 e. The summed E-state index contributed by atoms with van der Waals surface area (Å²) < 4.78 is 2.65. The summed E-state index contributed by atoms with van der Waals surface area (Å²) in [6.07, 6.45) is 2.98. The molecule has 0 spiro atoms. The Morgan fingerprint density at radius 1 is 1.31 bits per heavy atom. The predicted octanol–water partition coefficient (Wildman–Crippen LogP) is 2.88. The number of thiazole rings is 1. The predicted molar refractivity (Wildman–Crippen MR) is 62.2 cm³/mol. The van der Waals surface area contributed by atoms with Crippen molar-refractivity contribution >= 4 is 27.2 Å². The maximum atomic E-state index is 10.3. The molecule has 0 saturated carbocycles. The monoisotopic (exact) mass is 230 g/mol. The molecule has 0 bridgehead atoms. The fourth-order valence-electron chi connectivity index (χ4n) is 1.42. The maximum Gasteiger partial charge on any atom is 0.211 e. The van der Waals surface area contributed by atoms with E-state index in [2.05, 4.69) is 15.3 Å². The van der Waals surface area contributed by atoms with Crippen LogP contribution in [0.15, 0.2) is 41.8 Å². The van der Waals surface area contributed by atoms with Crippen molar-refractivity contribution in [2.45, 2.75) is 0 Å². The fraction of sp³-hybridized carbons (Fsp3) is 0. The molecule has 3 rings (SSSR count). The van der Waals surface area contributed by atoms with Gasteiger partial charge in [-0.3, -0.25) is 0 Å². The highest BCUT2D eigenvalue weighted by Crippen LogP contribution is 2.25. The first-order valence-corrected chi connectivity index (χ1v) is 5.42. The molecule has 2 aromatic heterocycles. The number of hydrogen-bond acceptors (Lipinski definition) is 5. The van der Waals surface area contributed by atoms with Crippen molar-refractivity contribution in [3.63, 3.8) is 0 Å². The maximum absolute atomic E-state index is 10.3. The molecule has 78 valence electrons. The van der Waals surface area contributed by atoms with Gasteiger partial charge in [-0.2, -0.15) is 5.10 Å². The third kappa shape index (κ3) is 1.40. The number of nitroso groups, excluding NO2 is 1. The van der Waals surface area contributed by atoms with Crippen molar-refractivity contribution in [3.05, 3.63) is 41.6 Å². The molecule has 5 nitrogen and oxygen atoms in total. The van der Waals surface area contributed by atoms with Crippen LogP contribution < -0.4 is 0 Å². The van der Waals surface area contributed by atoms with E-state index >= 15 is 0 Å². The average Bonchev–Trinajstić information content (AvgIpc) is 2.95. The Labute approximate surface area is 94.3 Å². The molecule has 1 aromatic carbocycles. The van der Waals surface area contributed by atoms with Crippen LogP contribution in [0.1, 0.15) is 0 Å². The fourth-order valence-corrected chi connectivity index (χ4v) is 2.32. The number of benzene rings is 1. The second-order valence-corrected chi connectivity index (χ2v) is 4.21. The zero-order valence-electron chi connectivity index (χ0n) is 8.07. The van der Waals surface area contributed by atoms with Gasteiger partial charge in [0.1, 0.15) is 5.69 Å². The quantitative estimate of drug-likeness (QED) is 0.636. The van der Waals surface area contributed by atoms with Gasteiger partial charge in [0.25, 0.3) is 0 Å². The lowest BCUT2D eigenvalue weighted by atomic mass is 10.3. The number of rotatable bonds is 2. The Morgan fingerprint density at radius 3 is 2.94 bits per heavy atom. The molecule has 0 saturated heterocycles. The van der Waals surface area contributed by atoms with E-state index in [9.17, 15) is 4.91 Å². The van der Waals surface area contributed by atoms with E-state index < -0.39 is 0 Å². The topological polar surface area (TPSA) is 60.1 Å². The lowest BCUT2D eigenvalue weighted by Gasteiger charge is -1.90. The minimum atomic E-state index is 0.305. The van der Waals surface area contributed by atoms with Gasteiger partial charge < -0.3 is 0 Å². The Hall–Kier alpha value is -2.08. The zero-order valence-corrected chi connectivity index (χ0v) is 8.89. The third-order valence-electron chi connectivity index (χ3n) is 2.15. The van der Waals surface area contributed by atoms with E-state index in [1.165, 1.54) is 17.5 Å². The van der Waals surface area contributed by atoms with E-state index in [0.29, 0.717) is 5.69 Å². The first-order valence-electron chi connectivity index (χ1n) is 4.61. The van der Waals surface area contributed by atoms with Gasteiger partial charge in [0.05, 0.1) is 22.6 Å². The molecule has 0 aliphatic carbocycles. The Balaban J connectivity index is 2.14. The van der Waals surface area contributed by atoms with Gasteiger partial charge in [0.15, 0.2) is 0 Å². The van der Waals surface area contributed by atoms with Crippen LogP contribution in [0.2, 0.25) is 0 Å². The van der Waals surface area contributed by atoms with E-state index in [4.69, 9.17) is 0 Å². The number of fused-ring (bicyclic) bond motifs is 1. The Bertz CT molecular complexity index is 624. The Kier molecular flexibility index (Phi) is 2.00. The van der Waals surface area contributed by atoms with Crippen LogP contribution in [0.3, 0.4) is 0 Å². The molecule has 0 fully saturated rings. The van der Waals surface area contributed by atoms with Gasteiger partial charge in [-0.25, -0.2) is 9.67 Å². The van der Waals surface area contributed by atoms with Crippen molar-refractivity contribution < 1.29 is 0 Å². The van der Waals surface area contributed by atoms with Gasteiger partial charge in [-0.1, -0.05) is 23.5 Å². The molecule has 6 heteroatoms. The number of hydrogen-bond donors (Lipinski definition) is 0. The lowest BCUT2D eigenvalue weighted by Crippen LogP contribution is -1.91. The highest BCUT2D eigenvalue weighted by molar-refractivity contribution is 7.20. The van der Waals surface area contributed by atoms with E-state index in [-0.39, 0.29) is 0 Å². The summed E-state index contributed by atoms with van der Waals surface area (Å²) in [5.41, 5.74) is 1.23. The van der Waals surface area contributed by atoms with Gasteiger partial charge in [0, 0.05) is 0 Å². The van der Waals surface area contributed by atoms with E-state index in [0.717, 1.165) is 15.3 Å². The molecule has 16 heavy (non-hydrogen) atoms. The van der Waals surface area contributed by atoms with Crippen LogP contribution in [0.4, 0.5) is 5.69 Å². The molecular weight excluding hydrogens is 224 g/mol. The minimum absolute atomic E-state index is 0.305. The van der Waals surface area contributed by atoms with Crippen LogP contribution in [0, 0.1) is 4.91 Å². The standard InChI is InChI=1S/C10H6N4OS/c15-13-7-5-11-14(6-7)10-12-8-3-1-2-4-9(8)16-10/h1-6H. The summed E-state index contributed by atoms with van der Waals surface area (Å²) in [5.74, 6) is 0. The summed E-state index contributed by atoms with van der Waals surface area (Å²) in [6, 6.07) is 7.84. The summed E-state index contributed by atoms with van der Waals surface area (Å²) in [7, 11) is 0. The molecule has 0 unspecified atom stereocenters. The van der Waals surface area contributed by atoms with Gasteiger partial charge in [-0.15, -0.1) is 4.91 Å². The molecule has 0 aliphatic heterocycles. The molecule has 0 N–H and O–H groups in total. The molecular formula is C10H6N4OS. The largest absolute Gasteiger partial charge is 0.218 e. The van der Waals surface area contributed by atoms with Crippen LogP contribution in [0.25, 0.3) is 15.3 Å². The first-order chi connectivity index (χ1) is 7.86. The van der Waals surface area contributed by atoms with Crippen LogP contribution >= 0.6 is 11.3 Å². The summed E-state index contributed by atoms with van der Waals surface area (Å²) >= 11 is 1.52. The van der Waals surface area contributed by atoms with Crippen LogP contribution in [-0.2, 0) is 0 Å². The average molecular weight is 230 g/mol. The number of nitrogens with zero attached hydrogens (tertiary/aromatic N) is 4. The molecule has 0 aliphatic rings. The lowest BCUT2D eigenvalue weighted by molar-refractivity contribution is 0.873. The van der Waals surface area contributed by atoms with Gasteiger partial charge in [0.2, 0.25) is 5.13 Å². The Morgan fingerprint density at radius 2 is 2.19 bits per heavy atom. The molecule has 0 radical (unpaired) electrons. The van der Waals surface area contributed by atoms with Gasteiger partial charge in [-0.05, 0) is 17.3 Å². The molecule has 0 atom stereocenters. The molecule has 2 heterocycles. The van der Waals surface area contributed by atoms with E-state index in [1.54, 1.807) is 10.9 Å². The van der Waals surface area contributed by atoms with Crippen molar-refractivity contribution in [2.24, 2.45) is 5.18 Å². The van der Waals surface area contributed by atoms with Crippen molar-refractivity contribution in [2.75, 3.05) is 0 Å². The summed E-state index contributed by atoms with van der Waals surface area (Å²) in [5, 5.41) is 7.57. The molecule has 3 aromatic rings. The second kappa shape index (κ2) is 3.49. The van der Waals surface area contributed by atoms with Crippen molar-refractivity contribution in [1.82, 2.24) is 14.8 Å². The second-order valence-electron chi connectivity index (χ2n) is 3.20. The summed E-state index contributed by atoms with van der Waals surface area (Å²) in [4.78, 5) is 14.7. The normalized spacial score (nSPS) is 10.8. The minimum Gasteiger partial charge on any atom is -0.218 e. The highest BCUT2D eigenvalue weighted by Gasteiger charge is 2.06. The van der Waals surface area contributed by atoms with Crippen molar-refractivity contribution in [3.8, 4) is 5.13 Å². The van der Waals surface area contributed by atoms with Crippen LogP contribution in [0.5, 0.6) is 0 Å². The van der Waals surface area contributed by atoms with E-state index in [1.807, 2.05) is 24.3 Å².